The van der Waals surface area contributed by atoms with E-state index < -0.39 is 0 Å². The molecule has 0 radical (unpaired) electrons. The second-order valence-electron chi connectivity index (χ2n) is 1.97. The molecule has 1 N–H and O–H groups in total. The van der Waals surface area contributed by atoms with Gasteiger partial charge in [0.15, 0.2) is 0 Å². The standard InChI is InChI=1S/C7H15NS/c1-4-7(2)8-5-6-9-3/h4,7-8H,1,5-6H2,2-3H3. The number of hydrogen-bond acceptors (Lipinski definition) is 2. The van der Waals surface area contributed by atoms with Gasteiger partial charge in [-0.15, -0.1) is 6.58 Å². The van der Waals surface area contributed by atoms with Crippen LogP contribution in [0.3, 0.4) is 0 Å². The summed E-state index contributed by atoms with van der Waals surface area (Å²) in [6, 6.07) is 0.456. The molecule has 1 unspecified atom stereocenters. The van der Waals surface area contributed by atoms with Crippen molar-refractivity contribution in [3.8, 4) is 0 Å². The highest BCUT2D eigenvalue weighted by molar-refractivity contribution is 7.98. The van der Waals surface area contributed by atoms with Crippen LogP contribution in [0.4, 0.5) is 0 Å². The molecule has 2 heteroatoms. The first-order chi connectivity index (χ1) is 4.31. The topological polar surface area (TPSA) is 12.0 Å². The second kappa shape index (κ2) is 6.17. The van der Waals surface area contributed by atoms with Gasteiger partial charge in [0.1, 0.15) is 0 Å². The maximum Gasteiger partial charge on any atom is 0.0219 e. The van der Waals surface area contributed by atoms with Gasteiger partial charge in [0, 0.05) is 18.3 Å². The van der Waals surface area contributed by atoms with Gasteiger partial charge in [-0.05, 0) is 13.2 Å². The van der Waals surface area contributed by atoms with Crippen molar-refractivity contribution >= 4 is 11.8 Å². The SMILES string of the molecule is C=CC(C)NCCSC. The molecule has 0 aliphatic heterocycles. The van der Waals surface area contributed by atoms with Crippen LogP contribution < -0.4 is 5.32 Å². The number of thioether (sulfide) groups is 1. The smallest absolute Gasteiger partial charge is 0.0219 e. The molecule has 0 aliphatic carbocycles. The highest BCUT2D eigenvalue weighted by Crippen LogP contribution is 1.88. The van der Waals surface area contributed by atoms with E-state index in [1.54, 1.807) is 0 Å². The summed E-state index contributed by atoms with van der Waals surface area (Å²) in [5.41, 5.74) is 0. The molecule has 0 saturated carbocycles. The quantitative estimate of drug-likeness (QED) is 0.465. The van der Waals surface area contributed by atoms with Gasteiger partial charge in [0.05, 0.1) is 0 Å². The van der Waals surface area contributed by atoms with Crippen LogP contribution in [0.15, 0.2) is 12.7 Å². The average Bonchev–Trinajstić information content (AvgIpc) is 1.89. The minimum atomic E-state index is 0.456. The molecule has 9 heavy (non-hydrogen) atoms. The lowest BCUT2D eigenvalue weighted by atomic mass is 10.3. The molecule has 1 nitrogen and oxygen atoms in total. The molecular weight excluding hydrogens is 130 g/mol. The van der Waals surface area contributed by atoms with E-state index in [9.17, 15) is 0 Å². The maximum absolute atomic E-state index is 3.67. The monoisotopic (exact) mass is 145 g/mol. The Morgan fingerprint density at radius 1 is 1.78 bits per heavy atom. The molecule has 0 saturated heterocycles. The van der Waals surface area contributed by atoms with Gasteiger partial charge < -0.3 is 5.32 Å². The van der Waals surface area contributed by atoms with Gasteiger partial charge in [-0.2, -0.15) is 11.8 Å². The third-order valence-corrected chi connectivity index (χ3v) is 1.74. The second-order valence-corrected chi connectivity index (χ2v) is 2.96. The first kappa shape index (κ1) is 9.05. The van der Waals surface area contributed by atoms with Gasteiger partial charge in [0.25, 0.3) is 0 Å². The molecule has 0 aromatic carbocycles. The fourth-order valence-corrected chi connectivity index (χ4v) is 0.794. The molecule has 0 aromatic rings. The van der Waals surface area contributed by atoms with Gasteiger partial charge >= 0.3 is 0 Å². The third kappa shape index (κ3) is 5.93. The Kier molecular flexibility index (Phi) is 6.21. The molecule has 0 fully saturated rings. The van der Waals surface area contributed by atoms with E-state index in [0.29, 0.717) is 6.04 Å². The highest BCUT2D eigenvalue weighted by atomic mass is 32.2. The summed E-state index contributed by atoms with van der Waals surface area (Å²) in [4.78, 5) is 0. The summed E-state index contributed by atoms with van der Waals surface area (Å²) >= 11 is 1.86. The van der Waals surface area contributed by atoms with E-state index in [0.717, 1.165) is 6.54 Å². The van der Waals surface area contributed by atoms with E-state index in [1.165, 1.54) is 5.75 Å². The molecule has 0 bridgehead atoms. The summed E-state index contributed by atoms with van der Waals surface area (Å²) in [6.07, 6.45) is 4.03. The average molecular weight is 145 g/mol. The zero-order chi connectivity index (χ0) is 7.11. The lowest BCUT2D eigenvalue weighted by molar-refractivity contribution is 0.666. The number of nitrogens with one attached hydrogen (secondary N) is 1. The molecular formula is C7H15NS. The Labute approximate surface area is 61.9 Å². The predicted octanol–water partition coefficient (Wildman–Crippen LogP) is 1.51. The van der Waals surface area contributed by atoms with Crippen molar-refractivity contribution in [3.05, 3.63) is 12.7 Å². The van der Waals surface area contributed by atoms with Crippen LogP contribution >= 0.6 is 11.8 Å². The largest absolute Gasteiger partial charge is 0.310 e. The Morgan fingerprint density at radius 3 is 2.89 bits per heavy atom. The Balaban J connectivity index is 2.96. The van der Waals surface area contributed by atoms with E-state index >= 15 is 0 Å². The van der Waals surface area contributed by atoms with Crippen molar-refractivity contribution in [2.45, 2.75) is 13.0 Å². The normalized spacial score (nSPS) is 13.1. The molecule has 0 rings (SSSR count). The molecule has 0 heterocycles. The van der Waals surface area contributed by atoms with Crippen molar-refractivity contribution in [2.75, 3.05) is 18.6 Å². The number of rotatable bonds is 5. The summed E-state index contributed by atoms with van der Waals surface area (Å²) in [6.45, 7) is 6.85. The van der Waals surface area contributed by atoms with Gasteiger partial charge in [0.2, 0.25) is 0 Å². The molecule has 0 spiro atoms. The minimum absolute atomic E-state index is 0.456. The lowest BCUT2D eigenvalue weighted by Crippen LogP contribution is -2.25. The van der Waals surface area contributed by atoms with Crippen LogP contribution in [0.25, 0.3) is 0 Å². The van der Waals surface area contributed by atoms with Crippen molar-refractivity contribution in [2.24, 2.45) is 0 Å². The minimum Gasteiger partial charge on any atom is -0.310 e. The van der Waals surface area contributed by atoms with E-state index in [4.69, 9.17) is 0 Å². The third-order valence-electron chi connectivity index (χ3n) is 1.13. The summed E-state index contributed by atoms with van der Waals surface area (Å²) in [5, 5.41) is 3.29. The van der Waals surface area contributed by atoms with Crippen molar-refractivity contribution in [3.63, 3.8) is 0 Å². The molecule has 54 valence electrons. The van der Waals surface area contributed by atoms with Gasteiger partial charge in [-0.3, -0.25) is 0 Å². The summed E-state index contributed by atoms with van der Waals surface area (Å²) in [7, 11) is 0. The fourth-order valence-electron chi connectivity index (χ4n) is 0.472. The van der Waals surface area contributed by atoms with Crippen molar-refractivity contribution < 1.29 is 0 Å². The summed E-state index contributed by atoms with van der Waals surface area (Å²) in [5.74, 6) is 1.18. The van der Waals surface area contributed by atoms with E-state index in [2.05, 4.69) is 25.1 Å². The predicted molar refractivity (Wildman–Crippen MR) is 46.0 cm³/mol. The van der Waals surface area contributed by atoms with Gasteiger partial charge in [-0.1, -0.05) is 6.08 Å². The van der Waals surface area contributed by atoms with Crippen molar-refractivity contribution in [1.82, 2.24) is 5.32 Å². The fraction of sp³-hybridized carbons (Fsp3) is 0.714. The first-order valence-electron chi connectivity index (χ1n) is 3.16. The van der Waals surface area contributed by atoms with Crippen LogP contribution in [-0.4, -0.2) is 24.6 Å². The van der Waals surface area contributed by atoms with Crippen LogP contribution in [-0.2, 0) is 0 Å². The highest BCUT2D eigenvalue weighted by Gasteiger charge is 1.90. The molecule has 1 atom stereocenters. The Morgan fingerprint density at radius 2 is 2.44 bits per heavy atom. The zero-order valence-corrected chi connectivity index (χ0v) is 7.00. The van der Waals surface area contributed by atoms with Crippen LogP contribution in [0.2, 0.25) is 0 Å². The molecule has 0 aliphatic rings. The lowest BCUT2D eigenvalue weighted by Gasteiger charge is -2.06. The maximum atomic E-state index is 3.67. The van der Waals surface area contributed by atoms with E-state index in [1.807, 2.05) is 17.8 Å². The number of hydrogen-bond donors (Lipinski definition) is 1. The Bertz CT molecular complexity index is 73.3. The summed E-state index contributed by atoms with van der Waals surface area (Å²) < 4.78 is 0. The Hall–Kier alpha value is 0.0500. The molecule has 0 amide bonds. The van der Waals surface area contributed by atoms with Crippen LogP contribution in [0.5, 0.6) is 0 Å². The molecule has 0 aromatic heterocycles. The van der Waals surface area contributed by atoms with E-state index in [-0.39, 0.29) is 0 Å². The van der Waals surface area contributed by atoms with Crippen LogP contribution in [0, 0.1) is 0 Å². The zero-order valence-electron chi connectivity index (χ0n) is 6.18. The van der Waals surface area contributed by atoms with Crippen LogP contribution in [0.1, 0.15) is 6.92 Å². The first-order valence-corrected chi connectivity index (χ1v) is 4.55. The van der Waals surface area contributed by atoms with Crippen molar-refractivity contribution in [1.29, 1.82) is 0 Å². The van der Waals surface area contributed by atoms with Gasteiger partial charge in [-0.25, -0.2) is 0 Å².